The van der Waals surface area contributed by atoms with Crippen molar-refractivity contribution in [2.24, 2.45) is 5.73 Å². The molecule has 1 aromatic rings. The molecule has 0 unspecified atom stereocenters. The molecule has 94 valence electrons. The fourth-order valence-corrected chi connectivity index (χ4v) is 2.14. The topological polar surface area (TPSA) is 35.2 Å². The Morgan fingerprint density at radius 3 is 2.59 bits per heavy atom. The third kappa shape index (κ3) is 2.24. The zero-order valence-electron chi connectivity index (χ0n) is 9.64. The zero-order chi connectivity index (χ0) is 12.8. The van der Waals surface area contributed by atoms with Gasteiger partial charge in [0.15, 0.2) is 0 Å². The van der Waals surface area contributed by atoms with Crippen LogP contribution in [0.2, 0.25) is 0 Å². The Hall–Kier alpha value is -1.23. The van der Waals surface area contributed by atoms with E-state index in [1.165, 1.54) is 6.07 Å². The molecule has 1 aliphatic rings. The van der Waals surface area contributed by atoms with E-state index in [1.807, 2.05) is 0 Å². The summed E-state index contributed by atoms with van der Waals surface area (Å²) in [4.78, 5) is 0. The van der Waals surface area contributed by atoms with Crippen LogP contribution in [0.4, 0.5) is 13.2 Å². The standard InChI is InChI=1S/C12H14F3NO/c1-11(2)6-9(16)7-4-3-5-8(10(7)17-11)12(13,14)15/h3-5,9H,6,16H2,1-2H3/t9-/m1/s1. The molecule has 17 heavy (non-hydrogen) atoms. The first-order valence-corrected chi connectivity index (χ1v) is 5.35. The number of benzene rings is 1. The predicted molar refractivity (Wildman–Crippen MR) is 57.7 cm³/mol. The fourth-order valence-electron chi connectivity index (χ4n) is 2.14. The second-order valence-electron chi connectivity index (χ2n) is 4.89. The molecule has 0 radical (unpaired) electrons. The maximum Gasteiger partial charge on any atom is 0.419 e. The minimum absolute atomic E-state index is 0.122. The van der Waals surface area contributed by atoms with Crippen LogP contribution < -0.4 is 10.5 Å². The van der Waals surface area contributed by atoms with Gasteiger partial charge < -0.3 is 10.5 Å². The molecule has 0 aliphatic carbocycles. The van der Waals surface area contributed by atoms with Gasteiger partial charge in [0.1, 0.15) is 11.4 Å². The van der Waals surface area contributed by atoms with Crippen molar-refractivity contribution in [1.82, 2.24) is 0 Å². The van der Waals surface area contributed by atoms with E-state index in [1.54, 1.807) is 19.9 Å². The number of alkyl halides is 3. The van der Waals surface area contributed by atoms with Crippen molar-refractivity contribution in [3.05, 3.63) is 29.3 Å². The van der Waals surface area contributed by atoms with Gasteiger partial charge in [-0.3, -0.25) is 0 Å². The lowest BCUT2D eigenvalue weighted by molar-refractivity contribution is -0.140. The van der Waals surface area contributed by atoms with Crippen molar-refractivity contribution >= 4 is 0 Å². The third-order valence-electron chi connectivity index (χ3n) is 2.84. The first-order chi connectivity index (χ1) is 7.71. The summed E-state index contributed by atoms with van der Waals surface area (Å²) in [6.45, 7) is 3.48. The number of hydrogen-bond acceptors (Lipinski definition) is 2. The van der Waals surface area contributed by atoms with Crippen molar-refractivity contribution in [3.8, 4) is 5.75 Å². The van der Waals surface area contributed by atoms with Gasteiger partial charge in [0.25, 0.3) is 0 Å². The van der Waals surface area contributed by atoms with Crippen molar-refractivity contribution in [1.29, 1.82) is 0 Å². The monoisotopic (exact) mass is 245 g/mol. The molecule has 0 saturated carbocycles. The van der Waals surface area contributed by atoms with Gasteiger partial charge in [-0.05, 0) is 19.9 Å². The molecule has 1 aliphatic heterocycles. The molecule has 0 saturated heterocycles. The van der Waals surface area contributed by atoms with Crippen LogP contribution in [0.15, 0.2) is 18.2 Å². The summed E-state index contributed by atoms with van der Waals surface area (Å²) in [6, 6.07) is 3.55. The highest BCUT2D eigenvalue weighted by molar-refractivity contribution is 5.46. The lowest BCUT2D eigenvalue weighted by atomic mass is 9.89. The number of para-hydroxylation sites is 1. The number of nitrogens with two attached hydrogens (primary N) is 1. The van der Waals surface area contributed by atoms with Crippen molar-refractivity contribution in [2.75, 3.05) is 0 Å². The largest absolute Gasteiger partial charge is 0.487 e. The maximum atomic E-state index is 12.8. The van der Waals surface area contributed by atoms with Gasteiger partial charge in [-0.1, -0.05) is 12.1 Å². The summed E-state index contributed by atoms with van der Waals surface area (Å²) in [7, 11) is 0. The number of rotatable bonds is 0. The first-order valence-electron chi connectivity index (χ1n) is 5.35. The molecule has 2 rings (SSSR count). The van der Waals surface area contributed by atoms with E-state index in [9.17, 15) is 13.2 Å². The normalized spacial score (nSPS) is 22.8. The summed E-state index contributed by atoms with van der Waals surface area (Å²) < 4.78 is 43.9. The fraction of sp³-hybridized carbons (Fsp3) is 0.500. The minimum atomic E-state index is -4.42. The van der Waals surface area contributed by atoms with E-state index in [2.05, 4.69) is 0 Å². The van der Waals surface area contributed by atoms with Crippen LogP contribution in [0.5, 0.6) is 5.75 Å². The molecule has 2 N–H and O–H groups in total. The molecule has 1 heterocycles. The molecule has 0 fully saturated rings. The maximum absolute atomic E-state index is 12.8. The van der Waals surface area contributed by atoms with Gasteiger partial charge >= 0.3 is 6.18 Å². The Morgan fingerprint density at radius 2 is 2.00 bits per heavy atom. The Balaban J connectivity index is 2.58. The molecular weight excluding hydrogens is 231 g/mol. The molecular formula is C12H14F3NO. The van der Waals surface area contributed by atoms with E-state index in [0.29, 0.717) is 12.0 Å². The molecule has 2 nitrogen and oxygen atoms in total. The second kappa shape index (κ2) is 3.63. The summed E-state index contributed by atoms with van der Waals surface area (Å²) in [6.07, 6.45) is -3.92. The highest BCUT2D eigenvalue weighted by atomic mass is 19.4. The number of hydrogen-bond donors (Lipinski definition) is 1. The van der Waals surface area contributed by atoms with E-state index in [0.717, 1.165) is 6.07 Å². The number of halogens is 3. The van der Waals surface area contributed by atoms with Crippen LogP contribution in [0.25, 0.3) is 0 Å². The molecule has 0 aromatic heterocycles. The Labute approximate surface area is 97.6 Å². The van der Waals surface area contributed by atoms with Crippen LogP contribution in [0.1, 0.15) is 37.4 Å². The van der Waals surface area contributed by atoms with Crippen molar-refractivity contribution in [2.45, 2.75) is 38.1 Å². The first kappa shape index (κ1) is 12.2. The highest BCUT2D eigenvalue weighted by Crippen LogP contribution is 2.45. The van der Waals surface area contributed by atoms with Gasteiger partial charge in [-0.15, -0.1) is 0 Å². The van der Waals surface area contributed by atoms with Gasteiger partial charge in [-0.25, -0.2) is 0 Å². The summed E-state index contributed by atoms with van der Waals surface area (Å²) in [5.74, 6) is -0.122. The molecule has 0 spiro atoms. The highest BCUT2D eigenvalue weighted by Gasteiger charge is 2.40. The molecule has 0 bridgehead atoms. The van der Waals surface area contributed by atoms with Crippen LogP contribution in [-0.2, 0) is 6.18 Å². The second-order valence-corrected chi connectivity index (χ2v) is 4.89. The number of ether oxygens (including phenoxy) is 1. The Morgan fingerprint density at radius 1 is 1.35 bits per heavy atom. The lowest BCUT2D eigenvalue weighted by Gasteiger charge is -2.37. The average Bonchev–Trinajstić information content (AvgIpc) is 2.13. The quantitative estimate of drug-likeness (QED) is 0.761. The van der Waals surface area contributed by atoms with Crippen LogP contribution in [-0.4, -0.2) is 5.60 Å². The van der Waals surface area contributed by atoms with Crippen molar-refractivity contribution < 1.29 is 17.9 Å². The summed E-state index contributed by atoms with van der Waals surface area (Å²) in [5.41, 5.74) is 4.89. The van der Waals surface area contributed by atoms with Crippen LogP contribution in [0, 0.1) is 0 Å². The third-order valence-corrected chi connectivity index (χ3v) is 2.84. The zero-order valence-corrected chi connectivity index (χ0v) is 9.64. The van der Waals surface area contributed by atoms with E-state index in [4.69, 9.17) is 10.5 Å². The van der Waals surface area contributed by atoms with E-state index < -0.39 is 23.4 Å². The summed E-state index contributed by atoms with van der Waals surface area (Å²) in [5, 5.41) is 0. The van der Waals surface area contributed by atoms with E-state index >= 15 is 0 Å². The van der Waals surface area contributed by atoms with Gasteiger partial charge in [0.05, 0.1) is 5.56 Å². The van der Waals surface area contributed by atoms with Crippen LogP contribution >= 0.6 is 0 Å². The average molecular weight is 245 g/mol. The van der Waals surface area contributed by atoms with Gasteiger partial charge in [-0.2, -0.15) is 13.2 Å². The van der Waals surface area contributed by atoms with E-state index in [-0.39, 0.29) is 5.75 Å². The molecule has 1 aromatic carbocycles. The minimum Gasteiger partial charge on any atom is -0.487 e. The van der Waals surface area contributed by atoms with Gasteiger partial charge in [0, 0.05) is 18.0 Å². The Kier molecular flexibility index (Phi) is 2.61. The van der Waals surface area contributed by atoms with Crippen molar-refractivity contribution in [3.63, 3.8) is 0 Å². The molecule has 0 amide bonds. The summed E-state index contributed by atoms with van der Waals surface area (Å²) >= 11 is 0. The SMILES string of the molecule is CC1(C)C[C@@H](N)c2cccc(C(F)(F)F)c2O1. The molecule has 1 atom stereocenters. The predicted octanol–water partition coefficient (Wildman–Crippen LogP) is 3.27. The van der Waals surface area contributed by atoms with Crippen LogP contribution in [0.3, 0.4) is 0 Å². The smallest absolute Gasteiger partial charge is 0.419 e. The number of fused-ring (bicyclic) bond motifs is 1. The lowest BCUT2D eigenvalue weighted by Crippen LogP contribution is -2.38. The van der Waals surface area contributed by atoms with Gasteiger partial charge in [0.2, 0.25) is 0 Å². The molecule has 5 heteroatoms. The Bertz CT molecular complexity index is 440.